The lowest BCUT2D eigenvalue weighted by Crippen LogP contribution is -2.39. The molecular formula is C22H25NO3S. The first kappa shape index (κ1) is 19.4. The molecule has 0 radical (unpaired) electrons. The Kier molecular flexibility index (Phi) is 6.11. The second-order valence-electron chi connectivity index (χ2n) is 6.94. The molecule has 0 spiro atoms. The molecule has 0 aromatic heterocycles. The quantitative estimate of drug-likeness (QED) is 0.718. The first-order valence-corrected chi connectivity index (χ1v) is 11.1. The summed E-state index contributed by atoms with van der Waals surface area (Å²) in [5.41, 5.74) is 3.19. The lowest BCUT2D eigenvalue weighted by atomic mass is 10.1. The van der Waals surface area contributed by atoms with Gasteiger partial charge in [-0.05, 0) is 35.6 Å². The molecule has 5 heteroatoms. The van der Waals surface area contributed by atoms with Crippen LogP contribution in [-0.2, 0) is 27.6 Å². The van der Waals surface area contributed by atoms with Gasteiger partial charge in [0, 0.05) is 18.7 Å². The van der Waals surface area contributed by atoms with E-state index >= 15 is 0 Å². The van der Waals surface area contributed by atoms with Gasteiger partial charge in [-0.3, -0.25) is 4.79 Å². The molecule has 2 aromatic carbocycles. The molecular weight excluding hydrogens is 358 g/mol. The number of rotatable bonds is 6. The van der Waals surface area contributed by atoms with Gasteiger partial charge in [-0.1, -0.05) is 61.5 Å². The van der Waals surface area contributed by atoms with Crippen LogP contribution >= 0.6 is 0 Å². The van der Waals surface area contributed by atoms with Gasteiger partial charge in [0.15, 0.2) is 9.84 Å². The van der Waals surface area contributed by atoms with Crippen molar-refractivity contribution in [2.75, 3.05) is 11.5 Å². The normalized spacial score (nSPS) is 18.6. The van der Waals surface area contributed by atoms with E-state index in [9.17, 15) is 13.2 Å². The number of aryl methyl sites for hydroxylation is 1. The molecule has 1 saturated heterocycles. The van der Waals surface area contributed by atoms with Crippen molar-refractivity contribution in [3.05, 3.63) is 77.4 Å². The highest BCUT2D eigenvalue weighted by Crippen LogP contribution is 2.21. The van der Waals surface area contributed by atoms with Crippen LogP contribution in [0.4, 0.5) is 0 Å². The number of hydrogen-bond acceptors (Lipinski definition) is 3. The number of sulfone groups is 1. The van der Waals surface area contributed by atoms with Crippen LogP contribution in [0.25, 0.3) is 6.08 Å². The molecule has 1 amide bonds. The third-order valence-corrected chi connectivity index (χ3v) is 6.68. The summed E-state index contributed by atoms with van der Waals surface area (Å²) in [4.78, 5) is 14.6. The third kappa shape index (κ3) is 5.30. The number of hydrogen-bond donors (Lipinski definition) is 0. The van der Waals surface area contributed by atoms with Crippen molar-refractivity contribution in [2.24, 2.45) is 0 Å². The van der Waals surface area contributed by atoms with Gasteiger partial charge in [0.05, 0.1) is 11.5 Å². The number of benzene rings is 2. The first-order valence-electron chi connectivity index (χ1n) is 9.29. The molecule has 3 rings (SSSR count). The molecule has 0 N–H and O–H groups in total. The van der Waals surface area contributed by atoms with Gasteiger partial charge in [-0.25, -0.2) is 8.42 Å². The number of amides is 1. The summed E-state index contributed by atoms with van der Waals surface area (Å²) in [5, 5.41) is 0. The zero-order valence-electron chi connectivity index (χ0n) is 15.5. The van der Waals surface area contributed by atoms with Gasteiger partial charge in [-0.15, -0.1) is 0 Å². The lowest BCUT2D eigenvalue weighted by molar-refractivity contribution is -0.128. The van der Waals surface area contributed by atoms with Crippen molar-refractivity contribution in [3.63, 3.8) is 0 Å². The molecule has 1 aliphatic rings. The molecule has 27 heavy (non-hydrogen) atoms. The van der Waals surface area contributed by atoms with Crippen LogP contribution in [0.5, 0.6) is 0 Å². The van der Waals surface area contributed by atoms with E-state index in [1.165, 1.54) is 5.56 Å². The van der Waals surface area contributed by atoms with Crippen LogP contribution < -0.4 is 0 Å². The minimum absolute atomic E-state index is 0.0466. The van der Waals surface area contributed by atoms with Crippen molar-refractivity contribution in [2.45, 2.75) is 32.4 Å². The molecule has 0 bridgehead atoms. The maximum atomic E-state index is 12.9. The number of carbonyl (C=O) groups excluding carboxylic acids is 1. The van der Waals surface area contributed by atoms with Gasteiger partial charge in [0.1, 0.15) is 0 Å². The minimum Gasteiger partial charge on any atom is -0.331 e. The Balaban J connectivity index is 1.80. The summed E-state index contributed by atoms with van der Waals surface area (Å²) in [6.45, 7) is 2.52. The molecule has 0 unspecified atom stereocenters. The molecule has 2 aromatic rings. The van der Waals surface area contributed by atoms with Gasteiger partial charge >= 0.3 is 0 Å². The van der Waals surface area contributed by atoms with Crippen molar-refractivity contribution in [3.8, 4) is 0 Å². The van der Waals surface area contributed by atoms with E-state index in [-0.39, 0.29) is 23.5 Å². The molecule has 4 nitrogen and oxygen atoms in total. The SMILES string of the molecule is CCc1ccc(CN(C(=O)/C=C\c2ccccc2)[C@H]2CCS(=O)(=O)C2)cc1. The van der Waals surface area contributed by atoms with E-state index in [0.717, 1.165) is 17.5 Å². The van der Waals surface area contributed by atoms with E-state index in [0.29, 0.717) is 13.0 Å². The number of carbonyl (C=O) groups is 1. The van der Waals surface area contributed by atoms with Crippen molar-refractivity contribution in [1.29, 1.82) is 0 Å². The molecule has 1 heterocycles. The lowest BCUT2D eigenvalue weighted by Gasteiger charge is -2.27. The Morgan fingerprint density at radius 3 is 2.33 bits per heavy atom. The van der Waals surface area contributed by atoms with Gasteiger partial charge in [0.25, 0.3) is 0 Å². The summed E-state index contributed by atoms with van der Waals surface area (Å²) < 4.78 is 23.9. The zero-order valence-corrected chi connectivity index (χ0v) is 16.4. The standard InChI is InChI=1S/C22H25NO3S/c1-2-18-8-10-20(11-9-18)16-23(21-14-15-27(25,26)17-21)22(24)13-12-19-6-4-3-5-7-19/h3-13,21H,2,14-17H2,1H3/b13-12-/t21-/m0/s1. The highest BCUT2D eigenvalue weighted by Gasteiger charge is 2.34. The molecule has 1 fully saturated rings. The van der Waals surface area contributed by atoms with Crippen LogP contribution in [0, 0.1) is 0 Å². The molecule has 0 aliphatic carbocycles. The molecule has 1 aliphatic heterocycles. The monoisotopic (exact) mass is 383 g/mol. The van der Waals surface area contributed by atoms with Gasteiger partial charge in [-0.2, -0.15) is 0 Å². The largest absolute Gasteiger partial charge is 0.331 e. The predicted molar refractivity (Wildman–Crippen MR) is 109 cm³/mol. The summed E-state index contributed by atoms with van der Waals surface area (Å²) in [5.74, 6) is 0.0457. The van der Waals surface area contributed by atoms with Crippen LogP contribution in [0.2, 0.25) is 0 Å². The van der Waals surface area contributed by atoms with Crippen LogP contribution in [0.1, 0.15) is 30.0 Å². The smallest absolute Gasteiger partial charge is 0.247 e. The molecule has 142 valence electrons. The Labute approximate surface area is 161 Å². The Hall–Kier alpha value is -2.40. The summed E-state index contributed by atoms with van der Waals surface area (Å²) >= 11 is 0. The zero-order chi connectivity index (χ0) is 19.3. The molecule has 1 atom stereocenters. The average Bonchev–Trinajstić information content (AvgIpc) is 3.05. The third-order valence-electron chi connectivity index (χ3n) is 4.93. The van der Waals surface area contributed by atoms with E-state index in [1.807, 2.05) is 42.5 Å². The van der Waals surface area contributed by atoms with Crippen LogP contribution in [0.3, 0.4) is 0 Å². The predicted octanol–water partition coefficient (Wildman–Crippen LogP) is 3.48. The maximum absolute atomic E-state index is 12.9. The Morgan fingerprint density at radius 1 is 1.07 bits per heavy atom. The second kappa shape index (κ2) is 8.53. The summed E-state index contributed by atoms with van der Waals surface area (Å²) in [6, 6.07) is 17.5. The second-order valence-corrected chi connectivity index (χ2v) is 9.17. The van der Waals surface area contributed by atoms with E-state index in [4.69, 9.17) is 0 Å². The van der Waals surface area contributed by atoms with Crippen LogP contribution in [0.15, 0.2) is 60.7 Å². The molecule has 0 saturated carbocycles. The van der Waals surface area contributed by atoms with Crippen molar-refractivity contribution >= 4 is 21.8 Å². The maximum Gasteiger partial charge on any atom is 0.247 e. The van der Waals surface area contributed by atoms with Gasteiger partial charge < -0.3 is 4.90 Å². The fraction of sp³-hybridized carbons (Fsp3) is 0.318. The van der Waals surface area contributed by atoms with E-state index < -0.39 is 9.84 Å². The first-order chi connectivity index (χ1) is 13.0. The minimum atomic E-state index is -3.06. The Bertz CT molecular complexity index is 902. The average molecular weight is 384 g/mol. The topological polar surface area (TPSA) is 54.5 Å². The van der Waals surface area contributed by atoms with E-state index in [1.54, 1.807) is 17.1 Å². The van der Waals surface area contributed by atoms with Crippen molar-refractivity contribution in [1.82, 2.24) is 4.90 Å². The Morgan fingerprint density at radius 2 is 1.74 bits per heavy atom. The fourth-order valence-corrected chi connectivity index (χ4v) is 5.04. The van der Waals surface area contributed by atoms with Crippen LogP contribution in [-0.4, -0.2) is 36.8 Å². The highest BCUT2D eigenvalue weighted by molar-refractivity contribution is 7.91. The number of nitrogens with zero attached hydrogens (tertiary/aromatic N) is 1. The highest BCUT2D eigenvalue weighted by atomic mass is 32.2. The summed E-state index contributed by atoms with van der Waals surface area (Å²) in [6.07, 6.45) is 4.78. The van der Waals surface area contributed by atoms with Crippen molar-refractivity contribution < 1.29 is 13.2 Å². The van der Waals surface area contributed by atoms with Gasteiger partial charge in [0.2, 0.25) is 5.91 Å². The summed E-state index contributed by atoms with van der Waals surface area (Å²) in [7, 11) is -3.06. The fourth-order valence-electron chi connectivity index (χ4n) is 3.31. The van der Waals surface area contributed by atoms with E-state index in [2.05, 4.69) is 19.1 Å².